The average Bonchev–Trinajstić information content (AvgIpc) is 3.39. The normalized spacial score (nSPS) is 33.7. The lowest BCUT2D eigenvalue weighted by Crippen LogP contribution is -2.51. The molecule has 0 aromatic rings. The van der Waals surface area contributed by atoms with Crippen LogP contribution in [0.15, 0.2) is 11.6 Å². The van der Waals surface area contributed by atoms with Gasteiger partial charge in [-0.3, -0.25) is 0 Å². The molecule has 4 aliphatic carbocycles. The molecule has 46 heavy (non-hydrogen) atoms. The van der Waals surface area contributed by atoms with E-state index in [1.807, 2.05) is 0 Å². The first kappa shape index (κ1) is 38.4. The Labute approximate surface area is 287 Å². The van der Waals surface area contributed by atoms with Crippen LogP contribution < -0.4 is 0 Å². The Bertz CT molecular complexity index is 881. The van der Waals surface area contributed by atoms with E-state index in [-0.39, 0.29) is 0 Å². The van der Waals surface area contributed by atoms with Crippen molar-refractivity contribution in [2.75, 3.05) is 33.0 Å². The molecule has 0 bridgehead atoms. The second-order valence-electron chi connectivity index (χ2n) is 17.8. The van der Waals surface area contributed by atoms with E-state index in [4.69, 9.17) is 14.2 Å². The minimum Gasteiger partial charge on any atom is -0.381 e. The lowest BCUT2D eigenvalue weighted by molar-refractivity contribution is -0.0641. The molecule has 1 unspecified atom stereocenters. The minimum atomic E-state index is 0.440. The van der Waals surface area contributed by atoms with Crippen LogP contribution in [0.2, 0.25) is 0 Å². The first-order chi connectivity index (χ1) is 22.2. The Kier molecular flexibility index (Phi) is 16.0. The fraction of sp³-hybridized carbons (Fsp3) is 0.953. The Morgan fingerprint density at radius 2 is 1.43 bits per heavy atom. The summed E-state index contributed by atoms with van der Waals surface area (Å²) in [4.78, 5) is 0. The summed E-state index contributed by atoms with van der Waals surface area (Å²) >= 11 is 0. The Morgan fingerprint density at radius 1 is 0.739 bits per heavy atom. The zero-order chi connectivity index (χ0) is 33.0. The second-order valence-corrected chi connectivity index (χ2v) is 17.8. The number of allylic oxidation sites excluding steroid dienone is 1. The van der Waals surface area contributed by atoms with Crippen LogP contribution in [0.3, 0.4) is 0 Å². The summed E-state index contributed by atoms with van der Waals surface area (Å²) in [6.45, 7) is 21.6. The fourth-order valence-electron chi connectivity index (χ4n) is 10.9. The predicted molar refractivity (Wildman–Crippen MR) is 196 cm³/mol. The maximum absolute atomic E-state index is 6.54. The van der Waals surface area contributed by atoms with Gasteiger partial charge in [0.2, 0.25) is 0 Å². The lowest BCUT2D eigenvalue weighted by atomic mass is 9.47. The molecule has 0 aromatic heterocycles. The zero-order valence-corrected chi connectivity index (χ0v) is 31.9. The average molecular weight is 643 g/mol. The van der Waals surface area contributed by atoms with E-state index in [1.54, 1.807) is 5.57 Å². The molecule has 0 spiro atoms. The SMILES string of the molecule is CCCCOC[C@@H](C)COCCCCCCCCOC1CC[C@@]2(C)C(=CC[C@H]3[C@@H]4CC[C@H]([C@H](C)CCCC(C)C)[C@@]4(C)CC[C@@H]32)C1. The van der Waals surface area contributed by atoms with Crippen molar-refractivity contribution >= 4 is 0 Å². The van der Waals surface area contributed by atoms with Crippen molar-refractivity contribution in [1.29, 1.82) is 0 Å². The molecule has 3 fully saturated rings. The third kappa shape index (κ3) is 10.3. The maximum Gasteiger partial charge on any atom is 0.0612 e. The topological polar surface area (TPSA) is 27.7 Å². The molecule has 0 amide bonds. The monoisotopic (exact) mass is 643 g/mol. The summed E-state index contributed by atoms with van der Waals surface area (Å²) in [5.74, 6) is 6.03. The van der Waals surface area contributed by atoms with Gasteiger partial charge in [-0.2, -0.15) is 0 Å². The summed E-state index contributed by atoms with van der Waals surface area (Å²) in [6, 6.07) is 0. The number of unbranched alkanes of at least 4 members (excludes halogenated alkanes) is 6. The van der Waals surface area contributed by atoms with Crippen LogP contribution in [-0.4, -0.2) is 39.1 Å². The van der Waals surface area contributed by atoms with Gasteiger partial charge in [0.25, 0.3) is 0 Å². The van der Waals surface area contributed by atoms with Gasteiger partial charge in [-0.05, 0) is 117 Å². The van der Waals surface area contributed by atoms with Crippen molar-refractivity contribution < 1.29 is 14.2 Å². The fourth-order valence-corrected chi connectivity index (χ4v) is 10.9. The Balaban J connectivity index is 1.09. The van der Waals surface area contributed by atoms with E-state index in [1.165, 1.54) is 116 Å². The number of hydrogen-bond acceptors (Lipinski definition) is 3. The van der Waals surface area contributed by atoms with E-state index in [9.17, 15) is 0 Å². The molecular formula is C43H78O3. The molecule has 9 atom stereocenters. The summed E-state index contributed by atoms with van der Waals surface area (Å²) in [7, 11) is 0. The van der Waals surface area contributed by atoms with Crippen LogP contribution in [-0.2, 0) is 14.2 Å². The molecule has 3 nitrogen and oxygen atoms in total. The number of rotatable bonds is 22. The van der Waals surface area contributed by atoms with Crippen LogP contribution >= 0.6 is 0 Å². The van der Waals surface area contributed by atoms with Crippen LogP contribution in [0, 0.1) is 52.3 Å². The van der Waals surface area contributed by atoms with Crippen molar-refractivity contribution in [1.82, 2.24) is 0 Å². The van der Waals surface area contributed by atoms with E-state index < -0.39 is 0 Å². The summed E-state index contributed by atoms with van der Waals surface area (Å²) < 4.78 is 18.1. The van der Waals surface area contributed by atoms with E-state index in [0.29, 0.717) is 22.9 Å². The van der Waals surface area contributed by atoms with Gasteiger partial charge in [-0.1, -0.05) is 111 Å². The summed E-state index contributed by atoms with van der Waals surface area (Å²) in [5, 5.41) is 0. The van der Waals surface area contributed by atoms with Gasteiger partial charge in [-0.25, -0.2) is 0 Å². The van der Waals surface area contributed by atoms with E-state index in [0.717, 1.165) is 75.0 Å². The number of fused-ring (bicyclic) bond motifs is 5. The number of hydrogen-bond donors (Lipinski definition) is 0. The van der Waals surface area contributed by atoms with Gasteiger partial charge in [0.05, 0.1) is 19.3 Å². The van der Waals surface area contributed by atoms with Gasteiger partial charge in [0.1, 0.15) is 0 Å². The van der Waals surface area contributed by atoms with Crippen LogP contribution in [0.5, 0.6) is 0 Å². The Hall–Kier alpha value is -0.380. The highest BCUT2D eigenvalue weighted by molar-refractivity contribution is 5.25. The van der Waals surface area contributed by atoms with Crippen molar-refractivity contribution in [2.45, 2.75) is 177 Å². The van der Waals surface area contributed by atoms with Crippen LogP contribution in [0.4, 0.5) is 0 Å². The highest BCUT2D eigenvalue weighted by atomic mass is 16.5. The molecule has 0 saturated heterocycles. The van der Waals surface area contributed by atoms with Crippen LogP contribution in [0.1, 0.15) is 170 Å². The number of ether oxygens (including phenoxy) is 3. The van der Waals surface area contributed by atoms with Crippen molar-refractivity contribution in [2.24, 2.45) is 52.3 Å². The van der Waals surface area contributed by atoms with Gasteiger partial charge < -0.3 is 14.2 Å². The second kappa shape index (κ2) is 19.1. The zero-order valence-electron chi connectivity index (χ0n) is 31.9. The highest BCUT2D eigenvalue weighted by Crippen LogP contribution is 2.67. The van der Waals surface area contributed by atoms with Crippen LogP contribution in [0.25, 0.3) is 0 Å². The molecule has 4 aliphatic rings. The first-order valence-corrected chi connectivity index (χ1v) is 20.7. The predicted octanol–water partition coefficient (Wildman–Crippen LogP) is 12.2. The third-order valence-corrected chi connectivity index (χ3v) is 13.7. The summed E-state index contributed by atoms with van der Waals surface area (Å²) in [6.07, 6.45) is 28.7. The molecule has 0 N–H and O–H groups in total. The van der Waals surface area contributed by atoms with Gasteiger partial charge in [0, 0.05) is 25.7 Å². The first-order valence-electron chi connectivity index (χ1n) is 20.7. The van der Waals surface area contributed by atoms with Crippen molar-refractivity contribution in [3.05, 3.63) is 11.6 Å². The third-order valence-electron chi connectivity index (χ3n) is 13.7. The molecule has 3 heteroatoms. The smallest absolute Gasteiger partial charge is 0.0612 e. The molecule has 3 saturated carbocycles. The molecule has 4 rings (SSSR count). The Morgan fingerprint density at radius 3 is 2.15 bits per heavy atom. The molecule has 0 aliphatic heterocycles. The molecule has 0 radical (unpaired) electrons. The lowest BCUT2D eigenvalue weighted by Gasteiger charge is -2.58. The minimum absolute atomic E-state index is 0.440. The van der Waals surface area contributed by atoms with Crippen molar-refractivity contribution in [3.63, 3.8) is 0 Å². The van der Waals surface area contributed by atoms with Gasteiger partial charge in [0.15, 0.2) is 0 Å². The highest BCUT2D eigenvalue weighted by Gasteiger charge is 2.59. The van der Waals surface area contributed by atoms with Gasteiger partial charge in [-0.15, -0.1) is 0 Å². The standard InChI is InChI=1S/C43H78O3/c1-8-9-27-44-31-34(4)32-45-28-14-12-10-11-13-15-29-46-37-23-25-42(6)36(30-37)19-20-38-40-22-21-39(35(5)18-16-17-33(2)3)43(40,7)26-24-41(38)42/h19,33-35,37-41H,8-18,20-32H2,1-7H3/t34-,35-,37?,38+,39-,40+,41+,42+,43-/m1/s1. The van der Waals surface area contributed by atoms with Crippen molar-refractivity contribution in [3.8, 4) is 0 Å². The molecule has 268 valence electrons. The van der Waals surface area contributed by atoms with E-state index in [2.05, 4.69) is 54.5 Å². The largest absolute Gasteiger partial charge is 0.381 e. The molecule has 0 heterocycles. The van der Waals surface area contributed by atoms with Gasteiger partial charge >= 0.3 is 0 Å². The quantitative estimate of drug-likeness (QED) is 0.0868. The maximum atomic E-state index is 6.54. The summed E-state index contributed by atoms with van der Waals surface area (Å²) in [5.41, 5.74) is 2.82. The molecular weight excluding hydrogens is 564 g/mol. The molecule has 0 aromatic carbocycles. The van der Waals surface area contributed by atoms with E-state index >= 15 is 0 Å².